The molecule has 0 bridgehead atoms. The number of rotatable bonds is 0. The molecule has 11 heavy (non-hydrogen) atoms. The predicted molar refractivity (Wildman–Crippen MR) is 48.3 cm³/mol. The third-order valence-electron chi connectivity index (χ3n) is 2.93. The highest BCUT2D eigenvalue weighted by atomic mass is 14.3. The van der Waals surface area contributed by atoms with Crippen LogP contribution >= 0.6 is 0 Å². The van der Waals surface area contributed by atoms with Crippen LogP contribution in [0.2, 0.25) is 0 Å². The van der Waals surface area contributed by atoms with Gasteiger partial charge in [-0.2, -0.15) is 0 Å². The average Bonchev–Trinajstić information content (AvgIpc) is 1.91. The third kappa shape index (κ3) is 1.26. The quantitative estimate of drug-likeness (QED) is 0.463. The largest absolute Gasteiger partial charge is 0.0840 e. The molecule has 0 saturated heterocycles. The van der Waals surface area contributed by atoms with Crippen LogP contribution in [0.1, 0.15) is 26.7 Å². The van der Waals surface area contributed by atoms with Crippen molar-refractivity contribution in [3.05, 3.63) is 24.3 Å². The van der Waals surface area contributed by atoms with E-state index in [2.05, 4.69) is 38.2 Å². The van der Waals surface area contributed by atoms with Gasteiger partial charge in [-0.15, -0.1) is 0 Å². The highest BCUT2D eigenvalue weighted by Crippen LogP contribution is 2.40. The van der Waals surface area contributed by atoms with Crippen LogP contribution in [0.15, 0.2) is 24.3 Å². The van der Waals surface area contributed by atoms with Crippen LogP contribution < -0.4 is 0 Å². The molecule has 60 valence electrons. The van der Waals surface area contributed by atoms with Crippen molar-refractivity contribution in [1.82, 2.24) is 0 Å². The van der Waals surface area contributed by atoms with Crippen molar-refractivity contribution < 1.29 is 0 Å². The van der Waals surface area contributed by atoms with Crippen molar-refractivity contribution in [2.75, 3.05) is 0 Å². The number of hydrogen-bond donors (Lipinski definition) is 0. The summed E-state index contributed by atoms with van der Waals surface area (Å²) in [7, 11) is 0. The zero-order valence-electron chi connectivity index (χ0n) is 7.38. The second-order valence-corrected chi connectivity index (χ2v) is 4.44. The fraction of sp³-hybridized carbons (Fsp3) is 0.636. The standard InChI is InChI=1S/C11H16/c1-11(2)7-5-9-3-4-10(9)6-8-11/h5-10H,3-4H2,1-2H3/t9-,10+. The summed E-state index contributed by atoms with van der Waals surface area (Å²) in [6.07, 6.45) is 12.3. The van der Waals surface area contributed by atoms with E-state index in [1.807, 2.05) is 0 Å². The Morgan fingerprint density at radius 3 is 1.82 bits per heavy atom. The van der Waals surface area contributed by atoms with Gasteiger partial charge in [0.1, 0.15) is 0 Å². The minimum Gasteiger partial charge on any atom is -0.0840 e. The normalized spacial score (nSPS) is 39.1. The van der Waals surface area contributed by atoms with Gasteiger partial charge in [-0.25, -0.2) is 0 Å². The van der Waals surface area contributed by atoms with Gasteiger partial charge in [-0.05, 0) is 24.7 Å². The number of hydrogen-bond acceptors (Lipinski definition) is 0. The van der Waals surface area contributed by atoms with Gasteiger partial charge in [0.15, 0.2) is 0 Å². The fourth-order valence-electron chi connectivity index (χ4n) is 1.83. The zero-order chi connectivity index (χ0) is 7.90. The summed E-state index contributed by atoms with van der Waals surface area (Å²) in [5.41, 5.74) is 0.303. The second-order valence-electron chi connectivity index (χ2n) is 4.44. The predicted octanol–water partition coefficient (Wildman–Crippen LogP) is 3.16. The summed E-state index contributed by atoms with van der Waals surface area (Å²) in [5, 5.41) is 0. The summed E-state index contributed by atoms with van der Waals surface area (Å²) in [4.78, 5) is 0. The molecule has 2 aliphatic rings. The molecule has 0 amide bonds. The highest BCUT2D eigenvalue weighted by Gasteiger charge is 2.29. The van der Waals surface area contributed by atoms with Crippen molar-refractivity contribution in [1.29, 1.82) is 0 Å². The molecule has 0 unspecified atom stereocenters. The topological polar surface area (TPSA) is 0 Å². The first-order valence-corrected chi connectivity index (χ1v) is 4.56. The molecule has 1 fully saturated rings. The van der Waals surface area contributed by atoms with E-state index in [1.54, 1.807) is 0 Å². The summed E-state index contributed by atoms with van der Waals surface area (Å²) in [5.74, 6) is 1.74. The van der Waals surface area contributed by atoms with Crippen LogP contribution in [-0.4, -0.2) is 0 Å². The molecule has 0 aliphatic heterocycles. The van der Waals surface area contributed by atoms with Gasteiger partial charge < -0.3 is 0 Å². The Morgan fingerprint density at radius 1 is 1.00 bits per heavy atom. The Labute approximate surface area is 69.0 Å². The van der Waals surface area contributed by atoms with Crippen LogP contribution in [0.25, 0.3) is 0 Å². The Hall–Kier alpha value is -0.520. The molecule has 0 N–H and O–H groups in total. The first kappa shape index (κ1) is 7.15. The van der Waals surface area contributed by atoms with Crippen molar-refractivity contribution in [2.45, 2.75) is 26.7 Å². The lowest BCUT2D eigenvalue weighted by Gasteiger charge is -2.31. The molecule has 2 rings (SSSR count). The van der Waals surface area contributed by atoms with Crippen molar-refractivity contribution in [3.63, 3.8) is 0 Å². The molecule has 0 heteroatoms. The summed E-state index contributed by atoms with van der Waals surface area (Å²) >= 11 is 0. The monoisotopic (exact) mass is 148 g/mol. The molecule has 0 aromatic rings. The number of allylic oxidation sites excluding steroid dienone is 4. The molecule has 0 radical (unpaired) electrons. The van der Waals surface area contributed by atoms with Crippen LogP contribution in [0.5, 0.6) is 0 Å². The van der Waals surface area contributed by atoms with Gasteiger partial charge in [-0.3, -0.25) is 0 Å². The van der Waals surface area contributed by atoms with E-state index in [-0.39, 0.29) is 0 Å². The third-order valence-corrected chi connectivity index (χ3v) is 2.93. The highest BCUT2D eigenvalue weighted by molar-refractivity contribution is 5.17. The molecule has 0 nitrogen and oxygen atoms in total. The van der Waals surface area contributed by atoms with E-state index in [9.17, 15) is 0 Å². The maximum Gasteiger partial charge on any atom is 0.000461 e. The van der Waals surface area contributed by atoms with Crippen LogP contribution in [0.4, 0.5) is 0 Å². The Balaban J connectivity index is 2.22. The maximum atomic E-state index is 2.41. The average molecular weight is 148 g/mol. The van der Waals surface area contributed by atoms with E-state index in [1.165, 1.54) is 12.8 Å². The van der Waals surface area contributed by atoms with Crippen molar-refractivity contribution >= 4 is 0 Å². The van der Waals surface area contributed by atoms with Gasteiger partial charge in [-0.1, -0.05) is 38.2 Å². The van der Waals surface area contributed by atoms with Gasteiger partial charge in [0.2, 0.25) is 0 Å². The smallest absolute Gasteiger partial charge is 0.000461 e. The fourth-order valence-corrected chi connectivity index (χ4v) is 1.83. The maximum absolute atomic E-state index is 2.41. The van der Waals surface area contributed by atoms with E-state index in [0.29, 0.717) is 5.41 Å². The van der Waals surface area contributed by atoms with E-state index in [0.717, 1.165) is 11.8 Å². The minimum absolute atomic E-state index is 0.303. The van der Waals surface area contributed by atoms with E-state index < -0.39 is 0 Å². The molecule has 0 aromatic carbocycles. The first-order valence-electron chi connectivity index (χ1n) is 4.56. The molecule has 0 heterocycles. The molecule has 1 saturated carbocycles. The molecular weight excluding hydrogens is 132 g/mol. The summed E-state index contributed by atoms with van der Waals surface area (Å²) in [6.45, 7) is 4.54. The Bertz CT molecular complexity index is 186. The van der Waals surface area contributed by atoms with E-state index in [4.69, 9.17) is 0 Å². The molecule has 2 aliphatic carbocycles. The SMILES string of the molecule is CC1(C)C=C[C@@H]2CC[C@@H]2C=C1. The first-order chi connectivity index (χ1) is 5.17. The second kappa shape index (κ2) is 2.23. The van der Waals surface area contributed by atoms with Gasteiger partial charge in [0.05, 0.1) is 0 Å². The lowest BCUT2D eigenvalue weighted by Crippen LogP contribution is -2.20. The lowest BCUT2D eigenvalue weighted by atomic mass is 9.74. The van der Waals surface area contributed by atoms with Gasteiger partial charge in [0, 0.05) is 5.41 Å². The molecular formula is C11H16. The summed E-state index contributed by atoms with van der Waals surface area (Å²) in [6, 6.07) is 0. The van der Waals surface area contributed by atoms with Crippen LogP contribution in [0, 0.1) is 17.3 Å². The molecule has 2 atom stereocenters. The molecule has 0 aromatic heterocycles. The van der Waals surface area contributed by atoms with E-state index >= 15 is 0 Å². The van der Waals surface area contributed by atoms with Crippen LogP contribution in [-0.2, 0) is 0 Å². The Morgan fingerprint density at radius 2 is 1.45 bits per heavy atom. The molecule has 0 spiro atoms. The Kier molecular flexibility index (Phi) is 1.45. The number of fused-ring (bicyclic) bond motifs is 1. The van der Waals surface area contributed by atoms with Crippen molar-refractivity contribution in [3.8, 4) is 0 Å². The van der Waals surface area contributed by atoms with Crippen LogP contribution in [0.3, 0.4) is 0 Å². The zero-order valence-corrected chi connectivity index (χ0v) is 7.38. The lowest BCUT2D eigenvalue weighted by molar-refractivity contribution is 0.287. The van der Waals surface area contributed by atoms with Gasteiger partial charge >= 0.3 is 0 Å². The minimum atomic E-state index is 0.303. The van der Waals surface area contributed by atoms with Crippen molar-refractivity contribution in [2.24, 2.45) is 17.3 Å². The summed E-state index contributed by atoms with van der Waals surface area (Å²) < 4.78 is 0. The van der Waals surface area contributed by atoms with Gasteiger partial charge in [0.25, 0.3) is 0 Å².